The Hall–Kier alpha value is -0.950. The number of thioether (sulfide) groups is 2. The third-order valence-electron chi connectivity index (χ3n) is 3.22. The maximum Gasteiger partial charge on any atom is 0.338 e. The summed E-state index contributed by atoms with van der Waals surface area (Å²) in [6.07, 6.45) is 0. The van der Waals surface area contributed by atoms with E-state index < -0.39 is 5.97 Å². The van der Waals surface area contributed by atoms with Gasteiger partial charge < -0.3 is 4.74 Å². The summed E-state index contributed by atoms with van der Waals surface area (Å²) in [4.78, 5) is 24.4. The van der Waals surface area contributed by atoms with E-state index in [0.29, 0.717) is 19.4 Å². The van der Waals surface area contributed by atoms with Gasteiger partial charge in [0.05, 0.1) is 19.4 Å². The van der Waals surface area contributed by atoms with Crippen molar-refractivity contribution in [2.45, 2.75) is 4.58 Å². The molecule has 0 amide bonds. The molecule has 2 aromatic rings. The molecule has 2 heterocycles. The van der Waals surface area contributed by atoms with Crippen LogP contribution in [0, 0.1) is 0 Å². The highest BCUT2D eigenvalue weighted by Gasteiger charge is 2.19. The average Bonchev–Trinajstić information content (AvgIpc) is 3.24. The van der Waals surface area contributed by atoms with Crippen molar-refractivity contribution in [2.75, 3.05) is 18.1 Å². The zero-order valence-electron chi connectivity index (χ0n) is 12.0. The van der Waals surface area contributed by atoms with Gasteiger partial charge in [0.2, 0.25) is 5.78 Å². The minimum Gasteiger partial charge on any atom is -0.454 e. The van der Waals surface area contributed by atoms with Gasteiger partial charge in [0.1, 0.15) is 0 Å². The second-order valence-electron chi connectivity index (χ2n) is 4.80. The molecule has 1 fully saturated rings. The Labute approximate surface area is 151 Å². The molecule has 1 aliphatic rings. The molecule has 120 valence electrons. The number of thiophene rings is 1. The normalized spacial score (nSPS) is 14.8. The molecule has 0 saturated carbocycles. The van der Waals surface area contributed by atoms with Crippen LogP contribution in [0.3, 0.4) is 0 Å². The minimum absolute atomic E-state index is 0.245. The average molecular weight is 385 g/mol. The molecule has 1 saturated heterocycles. The van der Waals surface area contributed by atoms with E-state index in [4.69, 9.17) is 16.3 Å². The van der Waals surface area contributed by atoms with Gasteiger partial charge in [0.15, 0.2) is 6.61 Å². The number of carbonyl (C=O) groups is 2. The van der Waals surface area contributed by atoms with Gasteiger partial charge in [0.25, 0.3) is 0 Å². The molecule has 3 nitrogen and oxygen atoms in total. The number of hydrogen-bond donors (Lipinski definition) is 0. The predicted octanol–water partition coefficient (Wildman–Crippen LogP) is 4.92. The molecule has 1 aromatic carbocycles. The summed E-state index contributed by atoms with van der Waals surface area (Å²) < 4.78 is 6.07. The van der Waals surface area contributed by atoms with E-state index in [1.165, 1.54) is 16.9 Å². The largest absolute Gasteiger partial charge is 0.454 e. The highest BCUT2D eigenvalue weighted by atomic mass is 35.5. The van der Waals surface area contributed by atoms with Gasteiger partial charge in [-0.15, -0.1) is 34.9 Å². The van der Waals surface area contributed by atoms with Crippen LogP contribution in [0.1, 0.15) is 30.2 Å². The molecule has 0 spiro atoms. The monoisotopic (exact) mass is 384 g/mol. The van der Waals surface area contributed by atoms with Gasteiger partial charge in [0, 0.05) is 11.5 Å². The standard InChI is InChI=1S/C16H13ClO3S3/c17-14-6-5-13(23-14)12(18)9-20-15(19)10-1-3-11(4-2-10)16-21-7-8-22-16/h1-6,16H,7-9H2. The van der Waals surface area contributed by atoms with Gasteiger partial charge in [-0.3, -0.25) is 4.79 Å². The lowest BCUT2D eigenvalue weighted by atomic mass is 10.1. The van der Waals surface area contributed by atoms with Crippen molar-refractivity contribution in [2.24, 2.45) is 0 Å². The number of halogens is 1. The predicted molar refractivity (Wildman–Crippen MR) is 98.0 cm³/mol. The number of ketones is 1. The highest BCUT2D eigenvalue weighted by molar-refractivity contribution is 8.19. The van der Waals surface area contributed by atoms with Crippen molar-refractivity contribution in [3.63, 3.8) is 0 Å². The number of Topliss-reactive ketones (excluding diaryl/α,β-unsaturated/α-hetero) is 1. The fourth-order valence-corrected chi connectivity index (χ4v) is 5.90. The minimum atomic E-state index is -0.487. The number of hydrogen-bond acceptors (Lipinski definition) is 6. The number of carbonyl (C=O) groups excluding carboxylic acids is 2. The molecule has 23 heavy (non-hydrogen) atoms. The highest BCUT2D eigenvalue weighted by Crippen LogP contribution is 2.45. The fraction of sp³-hybridized carbons (Fsp3) is 0.250. The zero-order chi connectivity index (χ0) is 16.2. The number of benzene rings is 1. The van der Waals surface area contributed by atoms with E-state index in [-0.39, 0.29) is 12.4 Å². The number of esters is 1. The van der Waals surface area contributed by atoms with E-state index >= 15 is 0 Å². The first-order valence-corrected chi connectivity index (χ1v) is 10.2. The molecule has 0 atom stereocenters. The molecular formula is C16H13ClO3S3. The third kappa shape index (κ3) is 4.32. The summed E-state index contributed by atoms with van der Waals surface area (Å²) in [5.74, 6) is 1.59. The Balaban J connectivity index is 1.56. The SMILES string of the molecule is O=C(OCC(=O)c1ccc(Cl)s1)c1ccc(C2SCCS2)cc1. The van der Waals surface area contributed by atoms with Gasteiger partial charge in [-0.1, -0.05) is 23.7 Å². The molecule has 3 rings (SSSR count). The maximum atomic E-state index is 12.0. The Morgan fingerprint density at radius 2 is 1.78 bits per heavy atom. The van der Waals surface area contributed by atoms with Crippen molar-refractivity contribution in [1.82, 2.24) is 0 Å². The van der Waals surface area contributed by atoms with Crippen molar-refractivity contribution >= 4 is 58.2 Å². The van der Waals surface area contributed by atoms with Crippen LogP contribution in [0.2, 0.25) is 4.34 Å². The fourth-order valence-electron chi connectivity index (χ4n) is 2.08. The molecule has 0 bridgehead atoms. The van der Waals surface area contributed by atoms with Crippen molar-refractivity contribution < 1.29 is 14.3 Å². The number of ether oxygens (including phenoxy) is 1. The summed E-state index contributed by atoms with van der Waals surface area (Å²) in [7, 11) is 0. The van der Waals surface area contributed by atoms with Crippen molar-refractivity contribution in [1.29, 1.82) is 0 Å². The van der Waals surface area contributed by atoms with Crippen molar-refractivity contribution in [3.05, 3.63) is 56.7 Å². The molecule has 0 N–H and O–H groups in total. The van der Waals surface area contributed by atoms with Crippen LogP contribution in [0.4, 0.5) is 0 Å². The van der Waals surface area contributed by atoms with Gasteiger partial charge in [-0.05, 0) is 29.8 Å². The lowest BCUT2D eigenvalue weighted by Gasteiger charge is -2.09. The van der Waals surface area contributed by atoms with Gasteiger partial charge >= 0.3 is 5.97 Å². The molecular weight excluding hydrogens is 372 g/mol. The second-order valence-corrected chi connectivity index (χ2v) is 9.24. The Bertz CT molecular complexity index is 706. The van der Waals surface area contributed by atoms with Gasteiger partial charge in [-0.2, -0.15) is 0 Å². The maximum absolute atomic E-state index is 12.0. The van der Waals surface area contributed by atoms with E-state index in [0.717, 1.165) is 11.5 Å². The first-order valence-electron chi connectivity index (χ1n) is 6.92. The molecule has 1 aliphatic heterocycles. The molecule has 0 unspecified atom stereocenters. The lowest BCUT2D eigenvalue weighted by molar-refractivity contribution is 0.0476. The molecule has 1 aromatic heterocycles. The Morgan fingerprint density at radius 1 is 1.09 bits per heavy atom. The van der Waals surface area contributed by atoms with Crippen LogP contribution in [-0.4, -0.2) is 29.9 Å². The molecule has 0 aliphatic carbocycles. The quantitative estimate of drug-likeness (QED) is 0.540. The van der Waals surface area contributed by atoms with Crippen LogP contribution >= 0.6 is 46.5 Å². The van der Waals surface area contributed by atoms with Crippen LogP contribution < -0.4 is 0 Å². The van der Waals surface area contributed by atoms with Crippen LogP contribution in [0.25, 0.3) is 0 Å². The van der Waals surface area contributed by atoms with E-state index in [1.807, 2.05) is 35.7 Å². The summed E-state index contributed by atoms with van der Waals surface area (Å²) in [5.41, 5.74) is 1.66. The lowest BCUT2D eigenvalue weighted by Crippen LogP contribution is -2.13. The zero-order valence-corrected chi connectivity index (χ0v) is 15.2. The van der Waals surface area contributed by atoms with E-state index in [1.54, 1.807) is 24.3 Å². The van der Waals surface area contributed by atoms with Crippen LogP contribution in [0.5, 0.6) is 0 Å². The smallest absolute Gasteiger partial charge is 0.338 e. The van der Waals surface area contributed by atoms with E-state index in [2.05, 4.69) is 0 Å². The van der Waals surface area contributed by atoms with Gasteiger partial charge in [-0.25, -0.2) is 4.79 Å². The van der Waals surface area contributed by atoms with Crippen molar-refractivity contribution in [3.8, 4) is 0 Å². The Kier molecular flexibility index (Phi) is 5.69. The third-order valence-corrected chi connectivity index (χ3v) is 7.60. The van der Waals surface area contributed by atoms with Crippen LogP contribution in [0.15, 0.2) is 36.4 Å². The summed E-state index contributed by atoms with van der Waals surface area (Å²) in [6, 6.07) is 10.7. The first-order chi connectivity index (χ1) is 11.1. The molecule has 0 radical (unpaired) electrons. The summed E-state index contributed by atoms with van der Waals surface area (Å²) in [6.45, 7) is -0.272. The topological polar surface area (TPSA) is 43.4 Å². The van der Waals surface area contributed by atoms with Crippen LogP contribution in [-0.2, 0) is 4.74 Å². The number of rotatable bonds is 5. The summed E-state index contributed by atoms with van der Waals surface area (Å²) >= 11 is 10.8. The summed E-state index contributed by atoms with van der Waals surface area (Å²) in [5, 5.41) is 0. The molecule has 7 heteroatoms. The van der Waals surface area contributed by atoms with E-state index in [9.17, 15) is 9.59 Å². The second kappa shape index (κ2) is 7.75. The Morgan fingerprint density at radius 3 is 2.39 bits per heavy atom. The first kappa shape index (κ1) is 16.9.